The molecule has 0 unspecified atom stereocenters. The van der Waals surface area contributed by atoms with E-state index in [1.807, 2.05) is 24.9 Å². The van der Waals surface area contributed by atoms with E-state index in [0.717, 1.165) is 31.3 Å². The summed E-state index contributed by atoms with van der Waals surface area (Å²) in [5.41, 5.74) is 1.03. The molecule has 0 radical (unpaired) electrons. The summed E-state index contributed by atoms with van der Waals surface area (Å²) in [5, 5.41) is 10.6. The highest BCUT2D eigenvalue weighted by Crippen LogP contribution is 2.10. The number of rotatable bonds is 7. The molecule has 11 heteroatoms. The smallest absolute Gasteiger partial charge is 0.225 e. The molecule has 164 valence electrons. The number of hydrogen-bond acceptors (Lipinski definition) is 6. The van der Waals surface area contributed by atoms with E-state index < -0.39 is 0 Å². The fourth-order valence-corrected chi connectivity index (χ4v) is 3.11. The first kappa shape index (κ1) is 23.8. The van der Waals surface area contributed by atoms with Crippen molar-refractivity contribution in [2.75, 3.05) is 44.2 Å². The minimum atomic E-state index is 0. The molecule has 1 amide bonds. The highest BCUT2D eigenvalue weighted by atomic mass is 127. The Morgan fingerprint density at radius 1 is 1.13 bits per heavy atom. The number of amides is 1. The standard InChI is InChI=1S/C19H29N9O.HI/c1-3-20-18(24-15-16-5-10-25-26(16)2)21-9-6-17(29)27-11-13-28(14-12-27)19-22-7-4-8-23-19;/h4-5,7-8,10H,3,6,9,11-15H2,1-2H3,(H2,20,21,24);1H. The van der Waals surface area contributed by atoms with Crippen LogP contribution in [0.2, 0.25) is 0 Å². The van der Waals surface area contributed by atoms with Gasteiger partial charge in [0.25, 0.3) is 0 Å². The van der Waals surface area contributed by atoms with Gasteiger partial charge < -0.3 is 20.4 Å². The predicted octanol–water partition coefficient (Wildman–Crippen LogP) is 0.622. The third-order valence-electron chi connectivity index (χ3n) is 4.76. The van der Waals surface area contributed by atoms with Crippen molar-refractivity contribution < 1.29 is 4.79 Å². The monoisotopic (exact) mass is 527 g/mol. The Morgan fingerprint density at radius 2 is 1.87 bits per heavy atom. The molecule has 1 fully saturated rings. The fraction of sp³-hybridized carbons (Fsp3) is 0.526. The Morgan fingerprint density at radius 3 is 2.50 bits per heavy atom. The molecule has 2 aromatic heterocycles. The second-order valence-corrected chi connectivity index (χ2v) is 6.73. The maximum atomic E-state index is 12.5. The molecule has 0 aromatic carbocycles. The summed E-state index contributed by atoms with van der Waals surface area (Å²) in [7, 11) is 1.90. The lowest BCUT2D eigenvalue weighted by atomic mass is 10.3. The number of anilines is 1. The zero-order chi connectivity index (χ0) is 20.5. The van der Waals surface area contributed by atoms with E-state index in [-0.39, 0.29) is 29.9 Å². The quantitative estimate of drug-likeness (QED) is 0.309. The largest absolute Gasteiger partial charge is 0.357 e. The Kier molecular flexibility index (Phi) is 9.77. The van der Waals surface area contributed by atoms with E-state index >= 15 is 0 Å². The maximum absolute atomic E-state index is 12.5. The fourth-order valence-electron chi connectivity index (χ4n) is 3.11. The number of carbonyl (C=O) groups excluding carboxylic acids is 1. The number of nitrogens with one attached hydrogen (secondary N) is 2. The van der Waals surface area contributed by atoms with E-state index in [1.54, 1.807) is 29.3 Å². The van der Waals surface area contributed by atoms with Crippen molar-refractivity contribution in [1.29, 1.82) is 0 Å². The molecule has 2 aromatic rings. The lowest BCUT2D eigenvalue weighted by molar-refractivity contribution is -0.131. The minimum absolute atomic E-state index is 0. The molecule has 0 bridgehead atoms. The molecule has 10 nitrogen and oxygen atoms in total. The van der Waals surface area contributed by atoms with E-state index in [2.05, 4.69) is 35.6 Å². The van der Waals surface area contributed by atoms with Crippen LogP contribution in [0.4, 0.5) is 5.95 Å². The molecule has 0 atom stereocenters. The summed E-state index contributed by atoms with van der Waals surface area (Å²) in [6.07, 6.45) is 5.66. The van der Waals surface area contributed by atoms with Crippen LogP contribution in [-0.4, -0.2) is 75.8 Å². The normalized spacial score (nSPS) is 14.3. The summed E-state index contributed by atoms with van der Waals surface area (Å²) in [4.78, 5) is 29.7. The first-order valence-electron chi connectivity index (χ1n) is 9.96. The van der Waals surface area contributed by atoms with E-state index in [4.69, 9.17) is 0 Å². The van der Waals surface area contributed by atoms with Crippen LogP contribution in [0, 0.1) is 0 Å². The van der Waals surface area contributed by atoms with Gasteiger partial charge in [-0.2, -0.15) is 5.10 Å². The molecule has 2 N–H and O–H groups in total. The lowest BCUT2D eigenvalue weighted by Crippen LogP contribution is -2.50. The maximum Gasteiger partial charge on any atom is 0.225 e. The van der Waals surface area contributed by atoms with Gasteiger partial charge in [0.15, 0.2) is 5.96 Å². The second kappa shape index (κ2) is 12.3. The minimum Gasteiger partial charge on any atom is -0.357 e. The van der Waals surface area contributed by atoms with Crippen molar-refractivity contribution >= 4 is 41.8 Å². The average molecular weight is 527 g/mol. The van der Waals surface area contributed by atoms with Gasteiger partial charge in [-0.3, -0.25) is 9.48 Å². The molecule has 0 saturated carbocycles. The topological polar surface area (TPSA) is 104 Å². The number of aliphatic imine (C=N–C) groups is 1. The van der Waals surface area contributed by atoms with Crippen molar-refractivity contribution in [3.63, 3.8) is 0 Å². The Hall–Kier alpha value is -2.44. The highest BCUT2D eigenvalue weighted by Gasteiger charge is 2.22. The SMILES string of the molecule is CCNC(=NCc1ccnn1C)NCCC(=O)N1CCN(c2ncccn2)CC1.I. The molecule has 0 spiro atoms. The van der Waals surface area contributed by atoms with Crippen molar-refractivity contribution in [1.82, 2.24) is 35.3 Å². The molecule has 3 heterocycles. The van der Waals surface area contributed by atoms with Crippen LogP contribution >= 0.6 is 24.0 Å². The van der Waals surface area contributed by atoms with Gasteiger partial charge in [-0.05, 0) is 19.1 Å². The number of guanidine groups is 1. The Labute approximate surface area is 194 Å². The second-order valence-electron chi connectivity index (χ2n) is 6.73. The number of hydrogen-bond donors (Lipinski definition) is 2. The van der Waals surface area contributed by atoms with Gasteiger partial charge in [0.2, 0.25) is 11.9 Å². The van der Waals surface area contributed by atoms with Gasteiger partial charge >= 0.3 is 0 Å². The summed E-state index contributed by atoms with van der Waals surface area (Å²) in [6, 6.07) is 3.74. The van der Waals surface area contributed by atoms with Gasteiger partial charge in [0, 0.05) is 71.3 Å². The molecule has 1 saturated heterocycles. The number of aromatic nitrogens is 4. The molecule has 3 rings (SSSR count). The third kappa shape index (κ3) is 6.82. The van der Waals surface area contributed by atoms with Crippen LogP contribution in [0.15, 0.2) is 35.7 Å². The molecule has 30 heavy (non-hydrogen) atoms. The summed E-state index contributed by atoms with van der Waals surface area (Å²) in [6.45, 7) is 6.71. The number of halogens is 1. The van der Waals surface area contributed by atoms with Crippen molar-refractivity contribution in [2.24, 2.45) is 12.0 Å². The van der Waals surface area contributed by atoms with Crippen LogP contribution in [0.5, 0.6) is 0 Å². The molecular weight excluding hydrogens is 497 g/mol. The van der Waals surface area contributed by atoms with Gasteiger partial charge in [-0.15, -0.1) is 24.0 Å². The first-order valence-corrected chi connectivity index (χ1v) is 9.96. The molecular formula is C19H30IN9O. The van der Waals surface area contributed by atoms with Crippen molar-refractivity contribution in [3.05, 3.63) is 36.4 Å². The molecule has 1 aliphatic heterocycles. The Balaban J connectivity index is 0.00000320. The predicted molar refractivity (Wildman–Crippen MR) is 127 cm³/mol. The van der Waals surface area contributed by atoms with Crippen LogP contribution < -0.4 is 15.5 Å². The zero-order valence-corrected chi connectivity index (χ0v) is 19.8. The van der Waals surface area contributed by atoms with Gasteiger partial charge in [0.05, 0.1) is 12.2 Å². The molecule has 0 aliphatic carbocycles. The van der Waals surface area contributed by atoms with E-state index in [9.17, 15) is 4.79 Å². The third-order valence-corrected chi connectivity index (χ3v) is 4.76. The van der Waals surface area contributed by atoms with E-state index in [1.165, 1.54) is 0 Å². The van der Waals surface area contributed by atoms with Gasteiger partial charge in [0.1, 0.15) is 0 Å². The summed E-state index contributed by atoms with van der Waals surface area (Å²) >= 11 is 0. The number of aryl methyl sites for hydroxylation is 1. The number of carbonyl (C=O) groups is 1. The highest BCUT2D eigenvalue weighted by molar-refractivity contribution is 14.0. The first-order chi connectivity index (χ1) is 14.2. The average Bonchev–Trinajstić information content (AvgIpc) is 3.17. The summed E-state index contributed by atoms with van der Waals surface area (Å²) < 4.78 is 1.80. The van der Waals surface area contributed by atoms with Gasteiger partial charge in [-0.1, -0.05) is 0 Å². The van der Waals surface area contributed by atoms with Crippen molar-refractivity contribution in [3.8, 4) is 0 Å². The van der Waals surface area contributed by atoms with Crippen LogP contribution in [0.1, 0.15) is 19.0 Å². The Bertz CT molecular complexity index is 803. The number of piperazine rings is 1. The zero-order valence-electron chi connectivity index (χ0n) is 17.5. The van der Waals surface area contributed by atoms with Crippen LogP contribution in [0.3, 0.4) is 0 Å². The summed E-state index contributed by atoms with van der Waals surface area (Å²) in [5.74, 6) is 1.57. The lowest BCUT2D eigenvalue weighted by Gasteiger charge is -2.34. The van der Waals surface area contributed by atoms with Gasteiger partial charge in [-0.25, -0.2) is 15.0 Å². The van der Waals surface area contributed by atoms with E-state index in [0.29, 0.717) is 38.6 Å². The van der Waals surface area contributed by atoms with Crippen LogP contribution in [0.25, 0.3) is 0 Å². The molecule has 1 aliphatic rings. The van der Waals surface area contributed by atoms with Crippen LogP contribution in [-0.2, 0) is 18.4 Å². The van der Waals surface area contributed by atoms with Crippen molar-refractivity contribution in [2.45, 2.75) is 19.9 Å². The number of nitrogens with zero attached hydrogens (tertiary/aromatic N) is 7.